The average molecular weight is 477 g/mol. The molecule has 3 aromatic carbocycles. The highest BCUT2D eigenvalue weighted by Crippen LogP contribution is 2.39. The number of aromatic nitrogens is 1. The second kappa shape index (κ2) is 10.8. The Labute approximate surface area is 203 Å². The first-order valence-electron chi connectivity index (χ1n) is 11.5. The number of oxazole rings is 1. The molecule has 0 atom stereocenters. The largest absolute Gasteiger partial charge is 0.497 e. The van der Waals surface area contributed by atoms with Crippen LogP contribution in [0.5, 0.6) is 23.0 Å². The van der Waals surface area contributed by atoms with Gasteiger partial charge in [0.2, 0.25) is 11.6 Å². The number of hydrogen-bond acceptors (Lipinski definition) is 7. The number of hydrogen-bond donors (Lipinski definition) is 1. The van der Waals surface area contributed by atoms with E-state index in [0.717, 1.165) is 11.3 Å². The van der Waals surface area contributed by atoms with Gasteiger partial charge in [0, 0.05) is 16.8 Å². The molecule has 0 fully saturated rings. The van der Waals surface area contributed by atoms with Crippen molar-refractivity contribution < 1.29 is 28.2 Å². The molecule has 4 aromatic rings. The third-order valence-electron chi connectivity index (χ3n) is 5.15. The SMILES string of the molecule is CCOc1cc(C(=O)Nc2ccc3oc(-c4ccc(OC)cc4)nc3c2)cc(OCC)c1OCC. The van der Waals surface area contributed by atoms with Crippen molar-refractivity contribution in [3.8, 4) is 34.5 Å². The van der Waals surface area contributed by atoms with E-state index in [2.05, 4.69) is 10.3 Å². The minimum atomic E-state index is -0.312. The molecule has 0 bridgehead atoms. The predicted octanol–water partition coefficient (Wildman–Crippen LogP) is 5.95. The van der Waals surface area contributed by atoms with E-state index >= 15 is 0 Å². The van der Waals surface area contributed by atoms with Gasteiger partial charge in [-0.25, -0.2) is 4.98 Å². The number of nitrogens with one attached hydrogen (secondary N) is 1. The second-order valence-electron chi connectivity index (χ2n) is 7.48. The summed E-state index contributed by atoms with van der Waals surface area (Å²) in [6.45, 7) is 6.92. The molecule has 8 nitrogen and oxygen atoms in total. The van der Waals surface area contributed by atoms with Crippen LogP contribution < -0.4 is 24.3 Å². The van der Waals surface area contributed by atoms with E-state index in [9.17, 15) is 4.79 Å². The van der Waals surface area contributed by atoms with Crippen molar-refractivity contribution >= 4 is 22.7 Å². The second-order valence-corrected chi connectivity index (χ2v) is 7.48. The molecule has 0 aliphatic heterocycles. The van der Waals surface area contributed by atoms with Gasteiger partial charge in [-0.3, -0.25) is 4.79 Å². The minimum absolute atomic E-state index is 0.312. The van der Waals surface area contributed by atoms with Crippen molar-refractivity contribution in [2.75, 3.05) is 32.2 Å². The Morgan fingerprint density at radius 3 is 2.14 bits per heavy atom. The maximum atomic E-state index is 13.1. The summed E-state index contributed by atoms with van der Waals surface area (Å²) < 4.78 is 28.2. The fraction of sp³-hybridized carbons (Fsp3) is 0.259. The number of fused-ring (bicyclic) bond motifs is 1. The molecule has 182 valence electrons. The van der Waals surface area contributed by atoms with Gasteiger partial charge in [0.15, 0.2) is 17.1 Å². The van der Waals surface area contributed by atoms with Crippen molar-refractivity contribution in [3.63, 3.8) is 0 Å². The molecule has 0 saturated carbocycles. The minimum Gasteiger partial charge on any atom is -0.497 e. The fourth-order valence-corrected chi connectivity index (χ4v) is 3.59. The van der Waals surface area contributed by atoms with E-state index in [0.29, 0.717) is 65.3 Å². The van der Waals surface area contributed by atoms with Crippen molar-refractivity contribution in [3.05, 3.63) is 60.2 Å². The number of nitrogens with zero attached hydrogens (tertiary/aromatic N) is 1. The van der Waals surface area contributed by atoms with E-state index < -0.39 is 0 Å². The lowest BCUT2D eigenvalue weighted by Gasteiger charge is -2.17. The van der Waals surface area contributed by atoms with Crippen molar-refractivity contribution in [2.24, 2.45) is 0 Å². The molecular weight excluding hydrogens is 448 g/mol. The van der Waals surface area contributed by atoms with Gasteiger partial charge in [-0.2, -0.15) is 0 Å². The lowest BCUT2D eigenvalue weighted by molar-refractivity contribution is 0.102. The van der Waals surface area contributed by atoms with Crippen LogP contribution in [0.4, 0.5) is 5.69 Å². The maximum absolute atomic E-state index is 13.1. The summed E-state index contributed by atoms with van der Waals surface area (Å²) in [4.78, 5) is 17.7. The van der Waals surface area contributed by atoms with Crippen molar-refractivity contribution in [1.82, 2.24) is 4.98 Å². The molecule has 1 heterocycles. The van der Waals surface area contributed by atoms with E-state index in [1.54, 1.807) is 37.4 Å². The molecule has 0 aliphatic carbocycles. The Morgan fingerprint density at radius 2 is 1.54 bits per heavy atom. The van der Waals surface area contributed by atoms with Crippen LogP contribution in [0, 0.1) is 0 Å². The molecule has 35 heavy (non-hydrogen) atoms. The van der Waals surface area contributed by atoms with Crippen LogP contribution in [-0.2, 0) is 0 Å². The summed E-state index contributed by atoms with van der Waals surface area (Å²) in [7, 11) is 1.62. The molecule has 0 radical (unpaired) electrons. The van der Waals surface area contributed by atoms with Crippen LogP contribution in [0.2, 0.25) is 0 Å². The molecule has 8 heteroatoms. The van der Waals surface area contributed by atoms with E-state index in [4.69, 9.17) is 23.4 Å². The number of anilines is 1. The van der Waals surface area contributed by atoms with E-state index in [-0.39, 0.29) is 5.91 Å². The normalized spacial score (nSPS) is 10.7. The molecule has 4 rings (SSSR count). The van der Waals surface area contributed by atoms with Crippen LogP contribution in [0.1, 0.15) is 31.1 Å². The topological polar surface area (TPSA) is 92.1 Å². The molecule has 1 amide bonds. The lowest BCUT2D eigenvalue weighted by atomic mass is 10.1. The molecule has 1 aromatic heterocycles. The van der Waals surface area contributed by atoms with Crippen LogP contribution in [0.3, 0.4) is 0 Å². The van der Waals surface area contributed by atoms with Gasteiger partial charge in [0.1, 0.15) is 11.3 Å². The number of ether oxygens (including phenoxy) is 4. The quantitative estimate of drug-likeness (QED) is 0.302. The van der Waals surface area contributed by atoms with E-state index in [1.165, 1.54) is 0 Å². The Bertz CT molecular complexity index is 1290. The first-order valence-corrected chi connectivity index (χ1v) is 11.5. The first-order chi connectivity index (χ1) is 17.1. The maximum Gasteiger partial charge on any atom is 0.255 e. The van der Waals surface area contributed by atoms with Crippen molar-refractivity contribution in [2.45, 2.75) is 20.8 Å². The third kappa shape index (κ3) is 5.32. The van der Waals surface area contributed by atoms with Crippen molar-refractivity contribution in [1.29, 1.82) is 0 Å². The molecular formula is C27H28N2O6. The Balaban J connectivity index is 1.60. The number of benzene rings is 3. The summed E-state index contributed by atoms with van der Waals surface area (Å²) >= 11 is 0. The summed E-state index contributed by atoms with van der Waals surface area (Å²) in [5, 5.41) is 2.92. The Morgan fingerprint density at radius 1 is 0.886 bits per heavy atom. The lowest BCUT2D eigenvalue weighted by Crippen LogP contribution is -2.13. The highest BCUT2D eigenvalue weighted by atomic mass is 16.5. The van der Waals surface area contributed by atoms with Crippen LogP contribution in [-0.4, -0.2) is 37.8 Å². The molecule has 0 saturated heterocycles. The molecule has 0 spiro atoms. The van der Waals surface area contributed by atoms with Crippen LogP contribution >= 0.6 is 0 Å². The summed E-state index contributed by atoms with van der Waals surface area (Å²) in [5.41, 5.74) is 3.05. The van der Waals surface area contributed by atoms with Crippen LogP contribution in [0.25, 0.3) is 22.6 Å². The first kappa shape index (κ1) is 23.9. The summed E-state index contributed by atoms with van der Waals surface area (Å²) in [6.07, 6.45) is 0. The predicted molar refractivity (Wildman–Crippen MR) is 134 cm³/mol. The monoisotopic (exact) mass is 476 g/mol. The highest BCUT2D eigenvalue weighted by Gasteiger charge is 2.19. The smallest absolute Gasteiger partial charge is 0.255 e. The highest BCUT2D eigenvalue weighted by molar-refractivity contribution is 6.05. The zero-order valence-corrected chi connectivity index (χ0v) is 20.2. The average Bonchev–Trinajstić information content (AvgIpc) is 3.29. The Hall–Kier alpha value is -4.20. The van der Waals surface area contributed by atoms with Gasteiger partial charge >= 0.3 is 0 Å². The summed E-state index contributed by atoms with van der Waals surface area (Å²) in [5.74, 6) is 2.34. The number of carbonyl (C=O) groups excluding carboxylic acids is 1. The van der Waals surface area contributed by atoms with E-state index in [1.807, 2.05) is 45.0 Å². The number of methoxy groups -OCH3 is 1. The molecule has 1 N–H and O–H groups in total. The molecule has 0 aliphatic rings. The van der Waals surface area contributed by atoms with Gasteiger partial charge in [0.25, 0.3) is 5.91 Å². The van der Waals surface area contributed by atoms with Gasteiger partial charge in [-0.1, -0.05) is 0 Å². The van der Waals surface area contributed by atoms with Crippen LogP contribution in [0.15, 0.2) is 59.0 Å². The zero-order valence-electron chi connectivity index (χ0n) is 20.2. The number of carbonyl (C=O) groups is 1. The number of amides is 1. The van der Waals surface area contributed by atoms with Gasteiger partial charge in [-0.05, 0) is 75.4 Å². The number of rotatable bonds is 10. The standard InChI is InChI=1S/C27H28N2O6/c1-5-32-23-14-18(15-24(33-6-2)25(23)34-7-3)26(30)28-19-10-13-22-21(16-19)29-27(35-22)17-8-11-20(31-4)12-9-17/h8-16H,5-7H2,1-4H3,(H,28,30). The van der Waals surface area contributed by atoms with Gasteiger partial charge in [0.05, 0.1) is 26.9 Å². The zero-order chi connectivity index (χ0) is 24.8. The Kier molecular flexibility index (Phi) is 7.40. The molecule has 0 unspecified atom stereocenters. The fourth-order valence-electron chi connectivity index (χ4n) is 3.59. The summed E-state index contributed by atoms with van der Waals surface area (Å²) in [6, 6.07) is 16.1. The van der Waals surface area contributed by atoms with Gasteiger partial charge in [-0.15, -0.1) is 0 Å². The third-order valence-corrected chi connectivity index (χ3v) is 5.15. The van der Waals surface area contributed by atoms with Gasteiger partial charge < -0.3 is 28.7 Å².